The topological polar surface area (TPSA) is 17.1 Å². The summed E-state index contributed by atoms with van der Waals surface area (Å²) in [5.41, 5.74) is 2.17. The Bertz CT molecular complexity index is 508. The first kappa shape index (κ1) is 13.9. The van der Waals surface area contributed by atoms with Crippen molar-refractivity contribution < 1.29 is 4.79 Å². The molecule has 1 nitrogen and oxygen atoms in total. The molecule has 0 fully saturated rings. The molecule has 0 spiro atoms. The van der Waals surface area contributed by atoms with E-state index in [1.165, 1.54) is 23.3 Å². The summed E-state index contributed by atoms with van der Waals surface area (Å²) < 4.78 is 0. The Morgan fingerprint density at radius 1 is 0.947 bits per heavy atom. The normalized spacial score (nSPS) is 10.3. The van der Waals surface area contributed by atoms with E-state index in [9.17, 15) is 4.79 Å². The van der Waals surface area contributed by atoms with Gasteiger partial charge >= 0.3 is 0 Å². The van der Waals surface area contributed by atoms with E-state index >= 15 is 0 Å². The molecule has 0 saturated carbocycles. The van der Waals surface area contributed by atoms with Crippen LogP contribution in [0.3, 0.4) is 0 Å². The van der Waals surface area contributed by atoms with Crippen LogP contribution in [0.15, 0.2) is 59.5 Å². The first-order valence-corrected chi connectivity index (χ1v) is 7.59. The Hall–Kier alpha value is -1.54. The molecule has 0 aromatic heterocycles. The molecule has 0 heterocycles. The van der Waals surface area contributed by atoms with Gasteiger partial charge in [0.1, 0.15) is 6.29 Å². The number of hydrogen-bond acceptors (Lipinski definition) is 2. The molecule has 0 aliphatic heterocycles. The minimum Gasteiger partial charge on any atom is -0.298 e. The highest BCUT2D eigenvalue weighted by Crippen LogP contribution is 2.20. The highest BCUT2D eigenvalue weighted by Gasteiger charge is 1.97. The number of aldehydes is 1. The average Bonchev–Trinajstić information content (AvgIpc) is 2.48. The van der Waals surface area contributed by atoms with E-state index in [-0.39, 0.29) is 0 Å². The van der Waals surface area contributed by atoms with Crippen molar-refractivity contribution in [2.75, 3.05) is 5.75 Å². The molecular formula is C17H18OS. The maximum atomic E-state index is 10.7. The number of hydrogen-bond donors (Lipinski definition) is 0. The second-order valence-corrected chi connectivity index (χ2v) is 5.65. The Kier molecular flexibility index (Phi) is 5.70. The molecule has 0 bridgehead atoms. The van der Waals surface area contributed by atoms with Crippen molar-refractivity contribution in [3.63, 3.8) is 0 Å². The Morgan fingerprint density at radius 3 is 2.58 bits per heavy atom. The van der Waals surface area contributed by atoms with Gasteiger partial charge in [0.25, 0.3) is 0 Å². The summed E-state index contributed by atoms with van der Waals surface area (Å²) in [6.07, 6.45) is 4.46. The lowest BCUT2D eigenvalue weighted by atomic mass is 10.1. The SMILES string of the molecule is O=Cc1cccc(SCCCCc2ccccc2)c1. The van der Waals surface area contributed by atoms with Crippen molar-refractivity contribution in [2.24, 2.45) is 0 Å². The van der Waals surface area contributed by atoms with Crippen LogP contribution in [0.2, 0.25) is 0 Å². The van der Waals surface area contributed by atoms with Crippen LogP contribution in [-0.4, -0.2) is 12.0 Å². The van der Waals surface area contributed by atoms with Crippen LogP contribution in [0.5, 0.6) is 0 Å². The van der Waals surface area contributed by atoms with Gasteiger partial charge in [0, 0.05) is 10.5 Å². The number of unbranched alkanes of at least 4 members (excludes halogenated alkanes) is 1. The molecule has 2 aromatic rings. The van der Waals surface area contributed by atoms with Gasteiger partial charge in [-0.1, -0.05) is 42.5 Å². The van der Waals surface area contributed by atoms with Gasteiger partial charge in [-0.3, -0.25) is 4.79 Å². The summed E-state index contributed by atoms with van der Waals surface area (Å²) in [4.78, 5) is 11.9. The number of rotatable bonds is 7. The molecule has 0 N–H and O–H groups in total. The maximum Gasteiger partial charge on any atom is 0.150 e. The fourth-order valence-corrected chi connectivity index (χ4v) is 2.92. The van der Waals surface area contributed by atoms with Gasteiger partial charge < -0.3 is 0 Å². The molecule has 0 amide bonds. The molecule has 0 aliphatic carbocycles. The summed E-state index contributed by atoms with van der Waals surface area (Å²) in [5.74, 6) is 1.11. The molecule has 2 aromatic carbocycles. The molecule has 0 aliphatic rings. The zero-order valence-corrected chi connectivity index (χ0v) is 11.7. The lowest BCUT2D eigenvalue weighted by Crippen LogP contribution is -1.87. The molecule has 2 rings (SSSR count). The van der Waals surface area contributed by atoms with E-state index in [1.54, 1.807) is 0 Å². The predicted octanol–water partition coefficient (Wildman–Crippen LogP) is 4.61. The van der Waals surface area contributed by atoms with Crippen LogP contribution >= 0.6 is 11.8 Å². The monoisotopic (exact) mass is 270 g/mol. The van der Waals surface area contributed by atoms with E-state index in [4.69, 9.17) is 0 Å². The number of carbonyl (C=O) groups excluding carboxylic acids is 1. The van der Waals surface area contributed by atoms with Gasteiger partial charge in [-0.15, -0.1) is 11.8 Å². The standard InChI is InChI=1S/C17H18OS/c18-14-16-10-6-11-17(13-16)19-12-5-4-9-15-7-2-1-3-8-15/h1-3,6-8,10-11,13-14H,4-5,9,12H2. The zero-order chi connectivity index (χ0) is 13.3. The molecule has 0 saturated heterocycles. The number of thioether (sulfide) groups is 1. The summed E-state index contributed by atoms with van der Waals surface area (Å²) in [6, 6.07) is 18.4. The summed E-state index contributed by atoms with van der Waals surface area (Å²) in [7, 11) is 0. The van der Waals surface area contributed by atoms with E-state index in [0.717, 1.165) is 24.0 Å². The van der Waals surface area contributed by atoms with Gasteiger partial charge in [-0.2, -0.15) is 0 Å². The van der Waals surface area contributed by atoms with E-state index in [0.29, 0.717) is 0 Å². The predicted molar refractivity (Wildman–Crippen MR) is 81.9 cm³/mol. The average molecular weight is 270 g/mol. The molecule has 0 unspecified atom stereocenters. The van der Waals surface area contributed by atoms with Crippen molar-refractivity contribution in [3.05, 3.63) is 65.7 Å². The van der Waals surface area contributed by atoms with Crippen LogP contribution in [0.25, 0.3) is 0 Å². The van der Waals surface area contributed by atoms with E-state index in [2.05, 4.69) is 36.4 Å². The molecule has 19 heavy (non-hydrogen) atoms. The van der Waals surface area contributed by atoms with Crippen molar-refractivity contribution in [2.45, 2.75) is 24.2 Å². The van der Waals surface area contributed by atoms with Gasteiger partial charge in [-0.05, 0) is 42.7 Å². The Morgan fingerprint density at radius 2 is 1.79 bits per heavy atom. The third-order valence-corrected chi connectivity index (χ3v) is 4.05. The van der Waals surface area contributed by atoms with E-state index in [1.807, 2.05) is 30.0 Å². The first-order chi connectivity index (χ1) is 9.38. The van der Waals surface area contributed by atoms with Crippen molar-refractivity contribution in [1.29, 1.82) is 0 Å². The smallest absolute Gasteiger partial charge is 0.150 e. The highest BCUT2D eigenvalue weighted by atomic mass is 32.2. The first-order valence-electron chi connectivity index (χ1n) is 6.60. The summed E-state index contributed by atoms with van der Waals surface area (Å²) >= 11 is 1.83. The lowest BCUT2D eigenvalue weighted by molar-refractivity contribution is 0.112. The number of carbonyl (C=O) groups is 1. The van der Waals surface area contributed by atoms with Crippen molar-refractivity contribution in [1.82, 2.24) is 0 Å². The summed E-state index contributed by atoms with van der Waals surface area (Å²) in [6.45, 7) is 0. The number of aryl methyl sites for hydroxylation is 1. The molecule has 0 radical (unpaired) electrons. The van der Waals surface area contributed by atoms with E-state index < -0.39 is 0 Å². The van der Waals surface area contributed by atoms with Gasteiger partial charge in [-0.25, -0.2) is 0 Å². The third-order valence-electron chi connectivity index (χ3n) is 2.97. The molecule has 2 heteroatoms. The summed E-state index contributed by atoms with van der Waals surface area (Å²) in [5, 5.41) is 0. The Labute approximate surface area is 119 Å². The fourth-order valence-electron chi connectivity index (χ4n) is 1.94. The largest absolute Gasteiger partial charge is 0.298 e. The van der Waals surface area contributed by atoms with Crippen LogP contribution in [0.1, 0.15) is 28.8 Å². The van der Waals surface area contributed by atoms with Gasteiger partial charge in [0.05, 0.1) is 0 Å². The fraction of sp³-hybridized carbons (Fsp3) is 0.235. The zero-order valence-electron chi connectivity index (χ0n) is 10.9. The van der Waals surface area contributed by atoms with Crippen molar-refractivity contribution in [3.8, 4) is 0 Å². The van der Waals surface area contributed by atoms with Crippen LogP contribution in [0, 0.1) is 0 Å². The molecule has 0 atom stereocenters. The Balaban J connectivity index is 1.68. The highest BCUT2D eigenvalue weighted by molar-refractivity contribution is 7.99. The minimum absolute atomic E-state index is 0.759. The van der Waals surface area contributed by atoms with Crippen LogP contribution < -0.4 is 0 Å². The molecule has 98 valence electrons. The van der Waals surface area contributed by atoms with Gasteiger partial charge in [0.2, 0.25) is 0 Å². The molecular weight excluding hydrogens is 252 g/mol. The minimum atomic E-state index is 0.759. The quantitative estimate of drug-likeness (QED) is 0.415. The van der Waals surface area contributed by atoms with Crippen molar-refractivity contribution >= 4 is 18.0 Å². The number of benzene rings is 2. The van der Waals surface area contributed by atoms with Crippen LogP contribution in [0.4, 0.5) is 0 Å². The second kappa shape index (κ2) is 7.80. The third kappa shape index (κ3) is 4.92. The second-order valence-electron chi connectivity index (χ2n) is 4.48. The van der Waals surface area contributed by atoms with Crippen LogP contribution in [-0.2, 0) is 6.42 Å². The van der Waals surface area contributed by atoms with Gasteiger partial charge in [0.15, 0.2) is 0 Å². The maximum absolute atomic E-state index is 10.7. The lowest BCUT2D eigenvalue weighted by Gasteiger charge is -2.03.